The number of hydrogen-bond donors (Lipinski definition) is 1. The first kappa shape index (κ1) is 18.5. The van der Waals surface area contributed by atoms with Crippen molar-refractivity contribution in [2.24, 2.45) is 5.92 Å². The molecule has 0 saturated carbocycles. The van der Waals surface area contributed by atoms with Gasteiger partial charge in [0.25, 0.3) is 0 Å². The largest absolute Gasteiger partial charge is 0.465 e. The molecule has 1 saturated heterocycles. The van der Waals surface area contributed by atoms with Gasteiger partial charge >= 0.3 is 5.97 Å². The van der Waals surface area contributed by atoms with Crippen molar-refractivity contribution in [2.45, 2.75) is 25.2 Å². The van der Waals surface area contributed by atoms with Gasteiger partial charge in [-0.3, -0.25) is 4.79 Å². The van der Waals surface area contributed by atoms with Gasteiger partial charge < -0.3 is 14.8 Å². The van der Waals surface area contributed by atoms with Crippen LogP contribution in [0.25, 0.3) is 0 Å². The molecular weight excluding hydrogens is 352 g/mol. The van der Waals surface area contributed by atoms with Crippen LogP contribution in [0.4, 0.5) is 5.13 Å². The fourth-order valence-electron chi connectivity index (χ4n) is 3.19. The average molecular weight is 374 g/mol. The fraction of sp³-hybridized carbons (Fsp3) is 0.421. The summed E-state index contributed by atoms with van der Waals surface area (Å²) >= 11 is 1.38. The smallest absolute Gasteiger partial charge is 0.337 e. The van der Waals surface area contributed by atoms with E-state index in [4.69, 9.17) is 9.47 Å². The van der Waals surface area contributed by atoms with Gasteiger partial charge in [-0.1, -0.05) is 12.1 Å². The molecule has 0 aliphatic carbocycles. The van der Waals surface area contributed by atoms with Crippen molar-refractivity contribution in [1.29, 1.82) is 0 Å². The van der Waals surface area contributed by atoms with Crippen molar-refractivity contribution in [3.63, 3.8) is 0 Å². The molecule has 1 unspecified atom stereocenters. The first-order chi connectivity index (χ1) is 12.7. The molecule has 1 aromatic carbocycles. The molecule has 0 radical (unpaired) electrons. The quantitative estimate of drug-likeness (QED) is 0.784. The Balaban J connectivity index is 1.83. The van der Waals surface area contributed by atoms with Gasteiger partial charge in [-0.25, -0.2) is 9.78 Å². The zero-order valence-electron chi connectivity index (χ0n) is 14.6. The van der Waals surface area contributed by atoms with E-state index in [1.807, 2.05) is 11.4 Å². The number of methoxy groups -OCH3 is 1. The molecule has 7 heteroatoms. The van der Waals surface area contributed by atoms with Gasteiger partial charge in [0, 0.05) is 24.8 Å². The van der Waals surface area contributed by atoms with Crippen molar-refractivity contribution in [2.75, 3.05) is 25.6 Å². The Kier molecular flexibility index (Phi) is 6.35. The second-order valence-electron chi connectivity index (χ2n) is 6.29. The highest BCUT2D eigenvalue weighted by Gasteiger charge is 2.27. The van der Waals surface area contributed by atoms with E-state index in [1.54, 1.807) is 24.4 Å². The number of carbonyl (C=O) groups is 2. The van der Waals surface area contributed by atoms with Gasteiger partial charge in [0.05, 0.1) is 18.6 Å². The summed E-state index contributed by atoms with van der Waals surface area (Å²) in [5, 5.41) is 5.29. The van der Waals surface area contributed by atoms with Gasteiger partial charge in [0.1, 0.15) is 0 Å². The predicted molar refractivity (Wildman–Crippen MR) is 99.4 cm³/mol. The zero-order chi connectivity index (χ0) is 18.4. The molecule has 2 heterocycles. The Hall–Kier alpha value is -2.25. The number of esters is 1. The zero-order valence-corrected chi connectivity index (χ0v) is 15.5. The third-order valence-electron chi connectivity index (χ3n) is 4.60. The third-order valence-corrected chi connectivity index (χ3v) is 5.29. The highest BCUT2D eigenvalue weighted by atomic mass is 32.1. The summed E-state index contributed by atoms with van der Waals surface area (Å²) in [5.74, 6) is -0.449. The monoisotopic (exact) mass is 374 g/mol. The standard InChI is InChI=1S/C19H22N2O4S/c1-24-18(23)15-4-2-3-14(12-15)16(11-13-5-8-25-9-6-13)17(22)21-19-20-7-10-26-19/h2-4,7,10,12-13,16H,5-6,8-9,11H2,1H3,(H,20,21,22). The van der Waals surface area contributed by atoms with Crippen molar-refractivity contribution < 1.29 is 19.1 Å². The van der Waals surface area contributed by atoms with Crippen molar-refractivity contribution in [3.05, 3.63) is 47.0 Å². The lowest BCUT2D eigenvalue weighted by Gasteiger charge is -2.26. The Morgan fingerprint density at radius 1 is 1.38 bits per heavy atom. The van der Waals surface area contributed by atoms with Crippen LogP contribution in [0.15, 0.2) is 35.8 Å². The second-order valence-corrected chi connectivity index (χ2v) is 7.18. The summed E-state index contributed by atoms with van der Waals surface area (Å²) in [5.41, 5.74) is 1.26. The molecule has 26 heavy (non-hydrogen) atoms. The van der Waals surface area contributed by atoms with E-state index >= 15 is 0 Å². The first-order valence-corrected chi connectivity index (χ1v) is 9.51. The minimum Gasteiger partial charge on any atom is -0.465 e. The van der Waals surface area contributed by atoms with Crippen molar-refractivity contribution in [1.82, 2.24) is 4.98 Å². The van der Waals surface area contributed by atoms with Gasteiger partial charge in [0.2, 0.25) is 5.91 Å². The number of hydrogen-bond acceptors (Lipinski definition) is 6. The molecule has 1 atom stereocenters. The van der Waals surface area contributed by atoms with Crippen LogP contribution in [0.5, 0.6) is 0 Å². The number of ether oxygens (including phenoxy) is 2. The van der Waals surface area contributed by atoms with E-state index in [2.05, 4.69) is 10.3 Å². The van der Waals surface area contributed by atoms with E-state index in [1.165, 1.54) is 18.4 Å². The summed E-state index contributed by atoms with van der Waals surface area (Å²) in [6.45, 7) is 1.46. The van der Waals surface area contributed by atoms with Gasteiger partial charge in [-0.05, 0) is 42.9 Å². The molecule has 1 aliphatic heterocycles. The average Bonchev–Trinajstić information content (AvgIpc) is 3.19. The lowest BCUT2D eigenvalue weighted by molar-refractivity contribution is -0.118. The Bertz CT molecular complexity index is 742. The maximum absolute atomic E-state index is 12.9. The predicted octanol–water partition coefficient (Wildman–Crippen LogP) is 3.47. The minimum atomic E-state index is -0.406. The van der Waals surface area contributed by atoms with Crippen LogP contribution >= 0.6 is 11.3 Å². The molecule has 6 nitrogen and oxygen atoms in total. The van der Waals surface area contributed by atoms with Crippen LogP contribution < -0.4 is 5.32 Å². The van der Waals surface area contributed by atoms with Gasteiger partial charge in [-0.15, -0.1) is 11.3 Å². The maximum atomic E-state index is 12.9. The van der Waals surface area contributed by atoms with E-state index < -0.39 is 5.97 Å². The van der Waals surface area contributed by atoms with Crippen LogP contribution in [-0.2, 0) is 14.3 Å². The van der Waals surface area contributed by atoms with Crippen molar-refractivity contribution >= 4 is 28.3 Å². The van der Waals surface area contributed by atoms with Crippen LogP contribution in [-0.4, -0.2) is 37.2 Å². The van der Waals surface area contributed by atoms with E-state index in [-0.39, 0.29) is 11.8 Å². The fourth-order valence-corrected chi connectivity index (χ4v) is 3.72. The molecule has 1 amide bonds. The number of nitrogens with one attached hydrogen (secondary N) is 1. The van der Waals surface area contributed by atoms with Gasteiger partial charge in [-0.2, -0.15) is 0 Å². The number of nitrogens with zero attached hydrogens (tertiary/aromatic N) is 1. The van der Waals surface area contributed by atoms with Crippen LogP contribution in [0.2, 0.25) is 0 Å². The first-order valence-electron chi connectivity index (χ1n) is 8.63. The number of anilines is 1. The summed E-state index contributed by atoms with van der Waals surface area (Å²) in [7, 11) is 1.35. The van der Waals surface area contributed by atoms with Crippen LogP contribution in [0, 0.1) is 5.92 Å². The van der Waals surface area contributed by atoms with Crippen LogP contribution in [0.3, 0.4) is 0 Å². The molecule has 138 valence electrons. The molecule has 1 fully saturated rings. The third kappa shape index (κ3) is 4.68. The summed E-state index contributed by atoms with van der Waals surface area (Å²) in [6.07, 6.45) is 4.26. The van der Waals surface area contributed by atoms with E-state index in [9.17, 15) is 9.59 Å². The minimum absolute atomic E-state index is 0.103. The second kappa shape index (κ2) is 8.91. The molecule has 0 spiro atoms. The lowest BCUT2D eigenvalue weighted by Crippen LogP contribution is -2.26. The number of thiazole rings is 1. The van der Waals surface area contributed by atoms with E-state index in [0.717, 1.165) is 31.6 Å². The highest BCUT2D eigenvalue weighted by Crippen LogP contribution is 2.31. The Morgan fingerprint density at radius 3 is 2.88 bits per heavy atom. The molecule has 2 aromatic rings. The molecule has 1 aliphatic rings. The molecule has 1 aromatic heterocycles. The molecule has 3 rings (SSSR count). The maximum Gasteiger partial charge on any atom is 0.337 e. The Labute approximate surface area is 156 Å². The number of benzene rings is 1. The normalized spacial score (nSPS) is 16.0. The SMILES string of the molecule is COC(=O)c1cccc(C(CC2CCOCC2)C(=O)Nc2nccs2)c1. The summed E-state index contributed by atoms with van der Waals surface area (Å²) in [4.78, 5) is 28.9. The number of amides is 1. The van der Waals surface area contributed by atoms with Crippen LogP contribution in [0.1, 0.15) is 41.1 Å². The highest BCUT2D eigenvalue weighted by molar-refractivity contribution is 7.13. The summed E-state index contributed by atoms with van der Waals surface area (Å²) < 4.78 is 10.2. The number of aromatic nitrogens is 1. The molecule has 0 bridgehead atoms. The lowest BCUT2D eigenvalue weighted by atomic mass is 9.84. The topological polar surface area (TPSA) is 77.5 Å². The van der Waals surface area contributed by atoms with Crippen molar-refractivity contribution in [3.8, 4) is 0 Å². The molecule has 1 N–H and O–H groups in total. The Morgan fingerprint density at radius 2 is 2.19 bits per heavy atom. The number of carbonyl (C=O) groups excluding carboxylic acids is 2. The van der Waals surface area contributed by atoms with Gasteiger partial charge in [0.15, 0.2) is 5.13 Å². The number of rotatable bonds is 6. The summed E-state index contributed by atoms with van der Waals surface area (Å²) in [6, 6.07) is 7.12. The molecular formula is C19H22N2O4S. The van der Waals surface area contributed by atoms with E-state index in [0.29, 0.717) is 23.0 Å².